The van der Waals surface area contributed by atoms with E-state index < -0.39 is 12.0 Å². The van der Waals surface area contributed by atoms with Crippen molar-refractivity contribution in [3.63, 3.8) is 0 Å². The van der Waals surface area contributed by atoms with E-state index >= 15 is 0 Å². The monoisotopic (exact) mass is 247 g/mol. The number of nitrogens with zero attached hydrogens (tertiary/aromatic N) is 5. The van der Waals surface area contributed by atoms with E-state index in [4.69, 9.17) is 5.11 Å². The molecule has 18 heavy (non-hydrogen) atoms. The number of hydrogen-bond donors (Lipinski definition) is 1. The highest BCUT2D eigenvalue weighted by molar-refractivity contribution is 5.72. The van der Waals surface area contributed by atoms with Crippen molar-refractivity contribution in [2.24, 2.45) is 0 Å². The van der Waals surface area contributed by atoms with Crippen LogP contribution in [0.15, 0.2) is 12.1 Å². The molecular formula is C11H13N5O2. The fourth-order valence-corrected chi connectivity index (χ4v) is 1.66. The summed E-state index contributed by atoms with van der Waals surface area (Å²) < 4.78 is 1.28. The molecule has 7 heteroatoms. The number of hydrogen-bond acceptors (Lipinski definition) is 5. The first-order valence-corrected chi connectivity index (χ1v) is 5.46. The van der Waals surface area contributed by atoms with E-state index in [1.807, 2.05) is 26.0 Å². The summed E-state index contributed by atoms with van der Waals surface area (Å²) in [5.41, 5.74) is 2.39. The Labute approximate surface area is 103 Å². The Hall–Kier alpha value is -2.31. The van der Waals surface area contributed by atoms with Gasteiger partial charge in [-0.15, -0.1) is 5.10 Å². The Balaban J connectivity index is 2.52. The topological polar surface area (TPSA) is 93.8 Å². The number of carboxylic acids is 1. The van der Waals surface area contributed by atoms with Gasteiger partial charge in [0.1, 0.15) is 0 Å². The van der Waals surface area contributed by atoms with Crippen molar-refractivity contribution in [1.29, 1.82) is 0 Å². The highest BCUT2D eigenvalue weighted by Crippen LogP contribution is 2.21. The molecule has 0 amide bonds. The normalized spacial score (nSPS) is 12.4. The molecule has 1 atom stereocenters. The van der Waals surface area contributed by atoms with Crippen LogP contribution in [0.5, 0.6) is 0 Å². The molecule has 0 saturated heterocycles. The maximum atomic E-state index is 11.0. The van der Waals surface area contributed by atoms with E-state index in [9.17, 15) is 4.79 Å². The number of rotatable bonds is 3. The van der Waals surface area contributed by atoms with Crippen LogP contribution in [0.25, 0.3) is 11.4 Å². The minimum atomic E-state index is -0.985. The molecule has 0 saturated carbocycles. The summed E-state index contributed by atoms with van der Waals surface area (Å²) in [6.07, 6.45) is 0. The molecule has 1 unspecified atom stereocenters. The van der Waals surface area contributed by atoms with Crippen LogP contribution in [0.2, 0.25) is 0 Å². The van der Waals surface area contributed by atoms with Crippen molar-refractivity contribution in [3.8, 4) is 11.4 Å². The zero-order valence-corrected chi connectivity index (χ0v) is 10.3. The lowest BCUT2D eigenvalue weighted by Crippen LogP contribution is -2.18. The van der Waals surface area contributed by atoms with E-state index in [1.165, 1.54) is 11.6 Å². The molecule has 2 heterocycles. The van der Waals surface area contributed by atoms with Gasteiger partial charge in [-0.25, -0.2) is 9.48 Å². The van der Waals surface area contributed by atoms with Gasteiger partial charge in [-0.1, -0.05) is 0 Å². The number of carboxylic acid groups (broad SMARTS) is 1. The Morgan fingerprint density at radius 3 is 2.72 bits per heavy atom. The van der Waals surface area contributed by atoms with Gasteiger partial charge >= 0.3 is 5.97 Å². The minimum absolute atomic E-state index is 0.412. The van der Waals surface area contributed by atoms with Gasteiger partial charge < -0.3 is 5.11 Å². The Kier molecular flexibility index (Phi) is 3.05. The van der Waals surface area contributed by atoms with Crippen LogP contribution >= 0.6 is 0 Å². The third-order valence-corrected chi connectivity index (χ3v) is 2.68. The number of aromatic nitrogens is 5. The van der Waals surface area contributed by atoms with Crippen LogP contribution in [0.1, 0.15) is 24.4 Å². The number of aliphatic carboxylic acids is 1. The maximum Gasteiger partial charge on any atom is 0.328 e. The van der Waals surface area contributed by atoms with Gasteiger partial charge in [0, 0.05) is 17.0 Å². The summed E-state index contributed by atoms with van der Waals surface area (Å²) >= 11 is 0. The zero-order chi connectivity index (χ0) is 13.3. The molecule has 0 aliphatic carbocycles. The average Bonchev–Trinajstić information content (AvgIpc) is 2.76. The van der Waals surface area contributed by atoms with E-state index in [-0.39, 0.29) is 0 Å². The zero-order valence-electron chi connectivity index (χ0n) is 10.3. The van der Waals surface area contributed by atoms with Gasteiger partial charge in [-0.3, -0.25) is 4.98 Å². The number of aryl methyl sites for hydroxylation is 2. The van der Waals surface area contributed by atoms with E-state index in [2.05, 4.69) is 20.5 Å². The number of tetrazole rings is 1. The third kappa shape index (κ3) is 2.06. The summed E-state index contributed by atoms with van der Waals surface area (Å²) in [5, 5.41) is 20.1. The molecule has 0 aliphatic rings. The lowest BCUT2D eigenvalue weighted by atomic mass is 10.1. The van der Waals surface area contributed by atoms with Crippen LogP contribution < -0.4 is 0 Å². The van der Waals surface area contributed by atoms with Crippen LogP contribution in [0.4, 0.5) is 0 Å². The standard InChI is InChI=1S/C11H13N5O2/c1-6-4-5-9(7(2)12-6)10-13-14-15-16(10)8(3)11(17)18/h4-5,8H,1-3H3,(H,17,18). The largest absolute Gasteiger partial charge is 0.480 e. The molecule has 0 aromatic carbocycles. The van der Waals surface area contributed by atoms with Crippen molar-refractivity contribution in [2.75, 3.05) is 0 Å². The quantitative estimate of drug-likeness (QED) is 0.869. The van der Waals surface area contributed by atoms with Gasteiger partial charge in [0.05, 0.1) is 0 Å². The molecule has 2 rings (SSSR count). The number of carbonyl (C=O) groups is 1. The molecule has 0 fully saturated rings. The second-order valence-electron chi connectivity index (χ2n) is 4.05. The molecule has 2 aromatic rings. The molecule has 7 nitrogen and oxygen atoms in total. The predicted molar refractivity (Wildman–Crippen MR) is 62.9 cm³/mol. The van der Waals surface area contributed by atoms with Crippen LogP contribution in [0, 0.1) is 13.8 Å². The summed E-state index contributed by atoms with van der Waals surface area (Å²) in [7, 11) is 0. The van der Waals surface area contributed by atoms with Crippen LogP contribution in [-0.4, -0.2) is 36.3 Å². The fourth-order valence-electron chi connectivity index (χ4n) is 1.66. The molecule has 2 aromatic heterocycles. The highest BCUT2D eigenvalue weighted by Gasteiger charge is 2.21. The third-order valence-electron chi connectivity index (χ3n) is 2.68. The second-order valence-corrected chi connectivity index (χ2v) is 4.05. The smallest absolute Gasteiger partial charge is 0.328 e. The molecule has 0 bridgehead atoms. The van der Waals surface area contributed by atoms with Gasteiger partial charge in [0.25, 0.3) is 0 Å². The SMILES string of the molecule is Cc1ccc(-c2nnnn2C(C)C(=O)O)c(C)n1. The Morgan fingerprint density at radius 2 is 2.11 bits per heavy atom. The number of pyridine rings is 1. The first-order chi connectivity index (χ1) is 8.50. The summed E-state index contributed by atoms with van der Waals surface area (Å²) in [5.74, 6) is -0.573. The van der Waals surface area contributed by atoms with Crippen molar-refractivity contribution in [2.45, 2.75) is 26.8 Å². The van der Waals surface area contributed by atoms with E-state index in [0.29, 0.717) is 5.82 Å². The fraction of sp³-hybridized carbons (Fsp3) is 0.364. The Bertz CT molecular complexity index is 593. The average molecular weight is 247 g/mol. The van der Waals surface area contributed by atoms with Crippen LogP contribution in [0.3, 0.4) is 0 Å². The summed E-state index contributed by atoms with van der Waals surface area (Å²) in [4.78, 5) is 15.3. The predicted octanol–water partition coefficient (Wildman–Crippen LogP) is 0.998. The maximum absolute atomic E-state index is 11.0. The van der Waals surface area contributed by atoms with Crippen LogP contribution in [-0.2, 0) is 4.79 Å². The van der Waals surface area contributed by atoms with Crippen molar-refractivity contribution >= 4 is 5.97 Å². The lowest BCUT2D eigenvalue weighted by Gasteiger charge is -2.10. The van der Waals surface area contributed by atoms with Gasteiger partial charge in [-0.2, -0.15) is 0 Å². The summed E-state index contributed by atoms with van der Waals surface area (Å²) in [6.45, 7) is 5.26. The molecule has 1 N–H and O–H groups in total. The first kappa shape index (κ1) is 12.2. The molecule has 0 spiro atoms. The molecule has 94 valence electrons. The Morgan fingerprint density at radius 1 is 1.39 bits per heavy atom. The van der Waals surface area contributed by atoms with Crippen molar-refractivity contribution < 1.29 is 9.90 Å². The molecule has 0 aliphatic heterocycles. The van der Waals surface area contributed by atoms with Gasteiger partial charge in [0.15, 0.2) is 11.9 Å². The van der Waals surface area contributed by atoms with E-state index in [1.54, 1.807) is 0 Å². The molecule has 0 radical (unpaired) electrons. The highest BCUT2D eigenvalue weighted by atomic mass is 16.4. The van der Waals surface area contributed by atoms with Crippen molar-refractivity contribution in [3.05, 3.63) is 23.5 Å². The van der Waals surface area contributed by atoms with Crippen molar-refractivity contribution in [1.82, 2.24) is 25.2 Å². The van der Waals surface area contributed by atoms with E-state index in [0.717, 1.165) is 17.0 Å². The first-order valence-electron chi connectivity index (χ1n) is 5.46. The summed E-state index contributed by atoms with van der Waals surface area (Å²) in [6, 6.07) is 2.86. The lowest BCUT2D eigenvalue weighted by molar-refractivity contribution is -0.140. The minimum Gasteiger partial charge on any atom is -0.480 e. The van der Waals surface area contributed by atoms with Gasteiger partial charge in [-0.05, 0) is 43.3 Å². The molecular weight excluding hydrogens is 234 g/mol. The second kappa shape index (κ2) is 4.52. The van der Waals surface area contributed by atoms with Gasteiger partial charge in [0.2, 0.25) is 0 Å².